The van der Waals surface area contributed by atoms with E-state index in [1.165, 1.54) is 6.07 Å². The average Bonchev–Trinajstić information content (AvgIpc) is 2.42. The number of rotatable bonds is 3. The van der Waals surface area contributed by atoms with Crippen LogP contribution in [-0.2, 0) is 6.54 Å². The summed E-state index contributed by atoms with van der Waals surface area (Å²) in [6.07, 6.45) is 0. The Hall–Kier alpha value is -1.53. The van der Waals surface area contributed by atoms with Crippen LogP contribution >= 0.6 is 31.9 Å². The van der Waals surface area contributed by atoms with E-state index in [9.17, 15) is 9.90 Å². The van der Waals surface area contributed by atoms with Crippen molar-refractivity contribution in [2.75, 3.05) is 5.73 Å². The smallest absolute Gasteiger partial charge is 0.252 e. The number of hydrogen-bond donors (Lipinski definition) is 3. The Kier molecular flexibility index (Phi) is 4.67. The quantitative estimate of drug-likeness (QED) is 0.546. The Morgan fingerprint density at radius 3 is 2.70 bits per heavy atom. The van der Waals surface area contributed by atoms with E-state index in [1.54, 1.807) is 24.3 Å². The number of benzene rings is 2. The van der Waals surface area contributed by atoms with E-state index in [0.29, 0.717) is 21.3 Å². The van der Waals surface area contributed by atoms with Gasteiger partial charge in [0.15, 0.2) is 0 Å². The molecule has 20 heavy (non-hydrogen) atoms. The van der Waals surface area contributed by atoms with Crippen LogP contribution < -0.4 is 11.1 Å². The van der Waals surface area contributed by atoms with Gasteiger partial charge in [0.1, 0.15) is 5.75 Å². The lowest BCUT2D eigenvalue weighted by Gasteiger charge is -2.09. The summed E-state index contributed by atoms with van der Waals surface area (Å²) >= 11 is 6.66. The molecule has 4 N–H and O–H groups in total. The molecule has 0 spiro atoms. The summed E-state index contributed by atoms with van der Waals surface area (Å²) in [5.41, 5.74) is 7.28. The van der Waals surface area contributed by atoms with Crippen molar-refractivity contribution in [3.63, 3.8) is 0 Å². The molecule has 1 amide bonds. The summed E-state index contributed by atoms with van der Waals surface area (Å²) in [5.74, 6) is -0.132. The van der Waals surface area contributed by atoms with Crippen LogP contribution in [0.3, 0.4) is 0 Å². The highest BCUT2D eigenvalue weighted by Crippen LogP contribution is 2.22. The first-order chi connectivity index (χ1) is 9.47. The highest BCUT2D eigenvalue weighted by atomic mass is 79.9. The normalized spacial score (nSPS) is 10.3. The van der Waals surface area contributed by atoms with Crippen molar-refractivity contribution in [2.45, 2.75) is 6.54 Å². The third kappa shape index (κ3) is 3.52. The summed E-state index contributed by atoms with van der Waals surface area (Å²) in [5, 5.41) is 12.4. The van der Waals surface area contributed by atoms with E-state index in [4.69, 9.17) is 5.73 Å². The minimum Gasteiger partial charge on any atom is -0.508 e. The molecule has 2 aromatic rings. The highest BCUT2D eigenvalue weighted by Gasteiger charge is 2.11. The summed E-state index contributed by atoms with van der Waals surface area (Å²) in [4.78, 5) is 12.1. The third-order valence-electron chi connectivity index (χ3n) is 2.72. The minimum absolute atomic E-state index is 0.104. The van der Waals surface area contributed by atoms with Crippen molar-refractivity contribution in [3.05, 3.63) is 56.5 Å². The van der Waals surface area contributed by atoms with E-state index >= 15 is 0 Å². The molecule has 0 aromatic heterocycles. The average molecular weight is 400 g/mol. The maximum Gasteiger partial charge on any atom is 0.252 e. The number of phenolic OH excluding ortho intramolecular Hbond substituents is 1. The molecule has 0 bridgehead atoms. The van der Waals surface area contributed by atoms with Crippen LogP contribution in [0.25, 0.3) is 0 Å². The molecule has 0 heterocycles. The van der Waals surface area contributed by atoms with Gasteiger partial charge >= 0.3 is 0 Å². The van der Waals surface area contributed by atoms with Gasteiger partial charge in [-0.25, -0.2) is 0 Å². The van der Waals surface area contributed by atoms with Gasteiger partial charge in [0.25, 0.3) is 5.91 Å². The molecular formula is C14H12Br2N2O2. The Balaban J connectivity index is 2.12. The second kappa shape index (κ2) is 6.28. The van der Waals surface area contributed by atoms with Crippen molar-refractivity contribution in [1.29, 1.82) is 0 Å². The van der Waals surface area contributed by atoms with Crippen LogP contribution in [0.1, 0.15) is 15.9 Å². The van der Waals surface area contributed by atoms with Crippen molar-refractivity contribution in [3.8, 4) is 5.75 Å². The summed E-state index contributed by atoms with van der Waals surface area (Å²) in [6.45, 7) is 0.203. The first-order valence-electron chi connectivity index (χ1n) is 5.78. The zero-order valence-electron chi connectivity index (χ0n) is 10.4. The Bertz CT molecular complexity index is 660. The molecule has 0 radical (unpaired) electrons. The van der Waals surface area contributed by atoms with Gasteiger partial charge in [-0.15, -0.1) is 0 Å². The number of nitrogens with one attached hydrogen (secondary N) is 1. The molecule has 6 heteroatoms. The second-order valence-electron chi connectivity index (χ2n) is 4.19. The Morgan fingerprint density at radius 1 is 1.20 bits per heavy atom. The second-order valence-corrected chi connectivity index (χ2v) is 5.97. The number of hydrogen-bond acceptors (Lipinski definition) is 3. The van der Waals surface area contributed by atoms with E-state index < -0.39 is 0 Å². The number of carbonyl (C=O) groups is 1. The lowest BCUT2D eigenvalue weighted by atomic mass is 10.1. The SMILES string of the molecule is Nc1ccc(O)c(CNC(=O)c2cc(Br)ccc2Br)c1. The molecule has 0 fully saturated rings. The van der Waals surface area contributed by atoms with Crippen LogP contribution in [0.5, 0.6) is 5.75 Å². The van der Waals surface area contributed by atoms with Crippen LogP contribution in [-0.4, -0.2) is 11.0 Å². The fourth-order valence-corrected chi connectivity index (χ4v) is 2.48. The van der Waals surface area contributed by atoms with Gasteiger partial charge in [0.05, 0.1) is 5.56 Å². The molecule has 0 saturated heterocycles. The van der Waals surface area contributed by atoms with Crippen LogP contribution in [0.4, 0.5) is 5.69 Å². The van der Waals surface area contributed by atoms with E-state index in [2.05, 4.69) is 37.2 Å². The number of halogens is 2. The molecule has 2 rings (SSSR count). The highest BCUT2D eigenvalue weighted by molar-refractivity contribution is 9.11. The van der Waals surface area contributed by atoms with Crippen LogP contribution in [0, 0.1) is 0 Å². The van der Waals surface area contributed by atoms with Gasteiger partial charge in [0, 0.05) is 26.7 Å². The number of carbonyl (C=O) groups excluding carboxylic acids is 1. The maximum absolute atomic E-state index is 12.1. The molecule has 2 aromatic carbocycles. The molecule has 0 atom stereocenters. The summed E-state index contributed by atoms with van der Waals surface area (Å²) in [7, 11) is 0. The molecular weight excluding hydrogens is 388 g/mol. The van der Waals surface area contributed by atoms with Crippen molar-refractivity contribution >= 4 is 43.5 Å². The topological polar surface area (TPSA) is 75.3 Å². The zero-order chi connectivity index (χ0) is 14.7. The Labute approximate surface area is 133 Å². The van der Waals surface area contributed by atoms with Crippen molar-refractivity contribution in [2.24, 2.45) is 0 Å². The predicted octanol–water partition coefficient (Wildman–Crippen LogP) is 3.43. The van der Waals surface area contributed by atoms with Gasteiger partial charge in [-0.05, 0) is 52.3 Å². The lowest BCUT2D eigenvalue weighted by Crippen LogP contribution is -2.23. The molecule has 104 valence electrons. The van der Waals surface area contributed by atoms with E-state index in [1.807, 2.05) is 6.07 Å². The van der Waals surface area contributed by atoms with E-state index in [0.717, 1.165) is 4.47 Å². The largest absolute Gasteiger partial charge is 0.508 e. The van der Waals surface area contributed by atoms with Crippen LogP contribution in [0.2, 0.25) is 0 Å². The van der Waals surface area contributed by atoms with Gasteiger partial charge in [-0.1, -0.05) is 15.9 Å². The molecule has 0 aliphatic heterocycles. The monoisotopic (exact) mass is 398 g/mol. The zero-order valence-corrected chi connectivity index (χ0v) is 13.5. The first kappa shape index (κ1) is 14.9. The summed E-state index contributed by atoms with van der Waals surface area (Å²) in [6, 6.07) is 10.1. The van der Waals surface area contributed by atoms with Gasteiger partial charge < -0.3 is 16.2 Å². The minimum atomic E-state index is -0.236. The number of phenols is 1. The lowest BCUT2D eigenvalue weighted by molar-refractivity contribution is 0.0950. The maximum atomic E-state index is 12.1. The number of amides is 1. The molecule has 4 nitrogen and oxygen atoms in total. The molecule has 0 aliphatic rings. The van der Waals surface area contributed by atoms with Gasteiger partial charge in [0.2, 0.25) is 0 Å². The molecule has 0 unspecified atom stereocenters. The molecule has 0 saturated carbocycles. The summed E-state index contributed by atoms with van der Waals surface area (Å²) < 4.78 is 1.52. The molecule has 0 aliphatic carbocycles. The number of nitrogens with two attached hydrogens (primary N) is 1. The van der Waals surface area contributed by atoms with Gasteiger partial charge in [-0.2, -0.15) is 0 Å². The Morgan fingerprint density at radius 2 is 1.95 bits per heavy atom. The van der Waals surface area contributed by atoms with Gasteiger partial charge in [-0.3, -0.25) is 4.79 Å². The van der Waals surface area contributed by atoms with Crippen molar-refractivity contribution in [1.82, 2.24) is 5.32 Å². The first-order valence-corrected chi connectivity index (χ1v) is 7.36. The van der Waals surface area contributed by atoms with Crippen LogP contribution in [0.15, 0.2) is 45.3 Å². The van der Waals surface area contributed by atoms with Crippen molar-refractivity contribution < 1.29 is 9.90 Å². The standard InChI is InChI=1S/C14H12Br2N2O2/c15-9-1-3-12(16)11(6-9)14(20)18-7-8-5-10(17)2-4-13(8)19/h1-6,19H,7,17H2,(H,18,20). The van der Waals surface area contributed by atoms with E-state index in [-0.39, 0.29) is 18.2 Å². The number of anilines is 1. The third-order valence-corrected chi connectivity index (χ3v) is 3.90. The predicted molar refractivity (Wildman–Crippen MR) is 85.5 cm³/mol. The fourth-order valence-electron chi connectivity index (χ4n) is 1.69. The number of aromatic hydroxyl groups is 1. The fraction of sp³-hybridized carbons (Fsp3) is 0.0714. The number of nitrogen functional groups attached to an aromatic ring is 1.